The van der Waals surface area contributed by atoms with E-state index in [9.17, 15) is 4.79 Å². The van der Waals surface area contributed by atoms with Gasteiger partial charge < -0.3 is 10.1 Å². The maximum absolute atomic E-state index is 13.0. The molecule has 0 bridgehead atoms. The number of rotatable bonds is 5. The highest BCUT2D eigenvalue weighted by Gasteiger charge is 2.36. The fraction of sp³-hybridized carbons (Fsp3) is 0.333. The molecule has 1 amide bonds. The van der Waals surface area contributed by atoms with Crippen molar-refractivity contribution >= 4 is 29.3 Å². The number of carbonyl (C=O) groups excluding carboxylic acids is 1. The molecular formula is C24H26N2O2S. The number of para-hydroxylation sites is 1. The van der Waals surface area contributed by atoms with Gasteiger partial charge in [0.2, 0.25) is 0 Å². The molecule has 4 nitrogen and oxygen atoms in total. The monoisotopic (exact) mass is 406 g/mol. The lowest BCUT2D eigenvalue weighted by Gasteiger charge is -2.29. The van der Waals surface area contributed by atoms with Crippen LogP contribution in [0.5, 0.6) is 5.75 Å². The summed E-state index contributed by atoms with van der Waals surface area (Å²) in [5.74, 6) is 0.715. The van der Waals surface area contributed by atoms with E-state index in [1.165, 1.54) is 12.0 Å². The highest BCUT2D eigenvalue weighted by Crippen LogP contribution is 2.28. The molecule has 5 heteroatoms. The summed E-state index contributed by atoms with van der Waals surface area (Å²) in [6.07, 6.45) is 7.46. The van der Waals surface area contributed by atoms with E-state index in [0.29, 0.717) is 17.4 Å². The molecule has 2 aromatic carbocycles. The molecule has 2 aliphatic rings. The van der Waals surface area contributed by atoms with E-state index < -0.39 is 0 Å². The molecular weight excluding hydrogens is 380 g/mol. The number of hydrogen-bond acceptors (Lipinski definition) is 3. The van der Waals surface area contributed by atoms with Gasteiger partial charge in [0.25, 0.3) is 5.91 Å². The van der Waals surface area contributed by atoms with Crippen LogP contribution < -0.4 is 10.1 Å². The van der Waals surface area contributed by atoms with Crippen LogP contribution in [0.3, 0.4) is 0 Å². The van der Waals surface area contributed by atoms with Crippen molar-refractivity contribution in [1.29, 1.82) is 0 Å². The minimum atomic E-state index is -0.0322. The summed E-state index contributed by atoms with van der Waals surface area (Å²) in [5.41, 5.74) is 3.72. The van der Waals surface area contributed by atoms with Crippen molar-refractivity contribution in [3.8, 4) is 5.75 Å². The van der Waals surface area contributed by atoms with Crippen LogP contribution in [0.15, 0.2) is 54.2 Å². The van der Waals surface area contributed by atoms with E-state index in [2.05, 4.69) is 36.5 Å². The standard InChI is InChI=1S/C24H26N2O2S/c1-17-11-13-18(14-12-17)16-28-22-10-6-5-7-19(22)15-21-23(27)26(24(29)25-21)20-8-3-2-4-9-20/h5-7,10-15,20H,2-4,8-9,16H2,1H3,(H,25,29)/b21-15-. The Labute approximate surface area is 177 Å². The second kappa shape index (κ2) is 8.78. The van der Waals surface area contributed by atoms with Crippen molar-refractivity contribution < 1.29 is 9.53 Å². The van der Waals surface area contributed by atoms with Gasteiger partial charge in [-0.05, 0) is 49.7 Å². The van der Waals surface area contributed by atoms with Crippen LogP contribution >= 0.6 is 12.2 Å². The third-order valence-electron chi connectivity index (χ3n) is 5.58. The lowest BCUT2D eigenvalue weighted by atomic mass is 9.94. The SMILES string of the molecule is Cc1ccc(COc2ccccc2/C=C2\NC(=S)N(C3CCCCC3)C2=O)cc1. The number of aryl methyl sites for hydroxylation is 1. The predicted molar refractivity (Wildman–Crippen MR) is 119 cm³/mol. The molecule has 1 saturated carbocycles. The van der Waals surface area contributed by atoms with Crippen LogP contribution in [0.2, 0.25) is 0 Å². The van der Waals surface area contributed by atoms with Crippen molar-refractivity contribution in [2.24, 2.45) is 0 Å². The Morgan fingerprint density at radius 3 is 2.59 bits per heavy atom. The van der Waals surface area contributed by atoms with Crippen molar-refractivity contribution in [3.05, 3.63) is 70.9 Å². The van der Waals surface area contributed by atoms with E-state index in [1.54, 1.807) is 4.90 Å². The Morgan fingerprint density at radius 1 is 1.10 bits per heavy atom. The number of amides is 1. The van der Waals surface area contributed by atoms with Crippen molar-refractivity contribution in [2.45, 2.75) is 51.7 Å². The van der Waals surface area contributed by atoms with Gasteiger partial charge in [0.1, 0.15) is 18.1 Å². The van der Waals surface area contributed by atoms with Gasteiger partial charge in [-0.1, -0.05) is 67.3 Å². The molecule has 4 rings (SSSR count). The van der Waals surface area contributed by atoms with Crippen LogP contribution in [0.1, 0.15) is 48.8 Å². The quantitative estimate of drug-likeness (QED) is 0.563. The van der Waals surface area contributed by atoms with Gasteiger partial charge in [0, 0.05) is 11.6 Å². The second-order valence-electron chi connectivity index (χ2n) is 7.77. The molecule has 0 atom stereocenters. The number of hydrogen-bond donors (Lipinski definition) is 1. The van der Waals surface area contributed by atoms with E-state index >= 15 is 0 Å². The summed E-state index contributed by atoms with van der Waals surface area (Å²) in [6, 6.07) is 16.3. The maximum atomic E-state index is 13.0. The Kier molecular flexibility index (Phi) is 5.95. The first-order valence-corrected chi connectivity index (χ1v) is 10.7. The first-order valence-electron chi connectivity index (χ1n) is 10.3. The van der Waals surface area contributed by atoms with E-state index in [-0.39, 0.29) is 11.9 Å². The summed E-state index contributed by atoms with van der Waals surface area (Å²) in [7, 11) is 0. The van der Waals surface area contributed by atoms with Gasteiger partial charge in [-0.2, -0.15) is 0 Å². The van der Waals surface area contributed by atoms with Crippen LogP contribution in [0, 0.1) is 6.92 Å². The fourth-order valence-corrected chi connectivity index (χ4v) is 4.29. The minimum absolute atomic E-state index is 0.0322. The molecule has 1 aliphatic carbocycles. The third kappa shape index (κ3) is 4.51. The summed E-state index contributed by atoms with van der Waals surface area (Å²) < 4.78 is 6.05. The van der Waals surface area contributed by atoms with Crippen molar-refractivity contribution in [1.82, 2.24) is 10.2 Å². The second-order valence-corrected chi connectivity index (χ2v) is 8.15. The largest absolute Gasteiger partial charge is 0.488 e. The lowest BCUT2D eigenvalue weighted by Crippen LogP contribution is -2.41. The van der Waals surface area contributed by atoms with Gasteiger partial charge in [0.05, 0.1) is 0 Å². The Hall–Kier alpha value is -2.66. The normalized spacial score (nSPS) is 18.9. The number of nitrogens with zero attached hydrogens (tertiary/aromatic N) is 1. The zero-order valence-corrected chi connectivity index (χ0v) is 17.5. The van der Waals surface area contributed by atoms with Gasteiger partial charge in [-0.3, -0.25) is 9.69 Å². The first kappa shape index (κ1) is 19.6. The topological polar surface area (TPSA) is 41.6 Å². The molecule has 1 N–H and O–H groups in total. The lowest BCUT2D eigenvalue weighted by molar-refractivity contribution is -0.124. The van der Waals surface area contributed by atoms with Crippen LogP contribution in [-0.2, 0) is 11.4 Å². The number of ether oxygens (including phenoxy) is 1. The minimum Gasteiger partial charge on any atom is -0.488 e. The molecule has 2 aromatic rings. The Morgan fingerprint density at radius 2 is 1.83 bits per heavy atom. The molecule has 0 unspecified atom stereocenters. The summed E-state index contributed by atoms with van der Waals surface area (Å²) in [4.78, 5) is 14.8. The molecule has 0 aromatic heterocycles. The molecule has 1 saturated heterocycles. The van der Waals surface area contributed by atoms with Gasteiger partial charge in [0.15, 0.2) is 5.11 Å². The first-order chi connectivity index (χ1) is 14.1. The van der Waals surface area contributed by atoms with Crippen LogP contribution in [-0.4, -0.2) is 22.0 Å². The van der Waals surface area contributed by atoms with Gasteiger partial charge in [-0.25, -0.2) is 0 Å². The van der Waals surface area contributed by atoms with Gasteiger partial charge in [-0.15, -0.1) is 0 Å². The Balaban J connectivity index is 1.51. The van der Waals surface area contributed by atoms with E-state index in [1.807, 2.05) is 30.3 Å². The average Bonchev–Trinajstić information content (AvgIpc) is 3.02. The number of carbonyl (C=O) groups is 1. The molecule has 1 aliphatic heterocycles. The van der Waals surface area contributed by atoms with Crippen molar-refractivity contribution in [3.63, 3.8) is 0 Å². The highest BCUT2D eigenvalue weighted by molar-refractivity contribution is 7.80. The third-order valence-corrected chi connectivity index (χ3v) is 5.88. The molecule has 1 heterocycles. The summed E-state index contributed by atoms with van der Waals surface area (Å²) in [5, 5.41) is 3.64. The number of nitrogens with one attached hydrogen (secondary N) is 1. The highest BCUT2D eigenvalue weighted by atomic mass is 32.1. The molecule has 0 spiro atoms. The fourth-order valence-electron chi connectivity index (χ4n) is 3.95. The summed E-state index contributed by atoms with van der Waals surface area (Å²) >= 11 is 5.47. The van der Waals surface area contributed by atoms with Crippen LogP contribution in [0.4, 0.5) is 0 Å². The summed E-state index contributed by atoms with van der Waals surface area (Å²) in [6.45, 7) is 2.55. The molecule has 29 heavy (non-hydrogen) atoms. The molecule has 0 radical (unpaired) electrons. The number of benzene rings is 2. The zero-order chi connectivity index (χ0) is 20.2. The van der Waals surface area contributed by atoms with E-state index in [4.69, 9.17) is 17.0 Å². The average molecular weight is 407 g/mol. The van der Waals surface area contributed by atoms with Gasteiger partial charge >= 0.3 is 0 Å². The van der Waals surface area contributed by atoms with Crippen LogP contribution in [0.25, 0.3) is 6.08 Å². The number of thiocarbonyl (C=S) groups is 1. The van der Waals surface area contributed by atoms with E-state index in [0.717, 1.165) is 42.6 Å². The Bertz CT molecular complexity index is 930. The predicted octanol–water partition coefficient (Wildman–Crippen LogP) is 4.96. The molecule has 2 fully saturated rings. The zero-order valence-electron chi connectivity index (χ0n) is 16.7. The van der Waals surface area contributed by atoms with Crippen molar-refractivity contribution in [2.75, 3.05) is 0 Å². The molecule has 150 valence electrons. The smallest absolute Gasteiger partial charge is 0.276 e. The maximum Gasteiger partial charge on any atom is 0.276 e.